The van der Waals surface area contributed by atoms with Crippen LogP contribution in [-0.2, 0) is 14.3 Å². The molecule has 5 heteroatoms. The number of Topliss-reactive ketones (excluding diaryl/α,β-unsaturated/α-hetero) is 1. The lowest BCUT2D eigenvalue weighted by Crippen LogP contribution is -2.16. The van der Waals surface area contributed by atoms with Crippen LogP contribution in [0, 0.1) is 5.92 Å². The molecule has 0 saturated carbocycles. The summed E-state index contributed by atoms with van der Waals surface area (Å²) in [5.41, 5.74) is 0. The second-order valence-electron chi connectivity index (χ2n) is 4.24. The Morgan fingerprint density at radius 1 is 1.22 bits per heavy atom. The fourth-order valence-electron chi connectivity index (χ4n) is 1.79. The minimum Gasteiger partial charge on any atom is -0.469 e. The summed E-state index contributed by atoms with van der Waals surface area (Å²) in [6.45, 7) is 0. The molecule has 0 bridgehead atoms. The van der Waals surface area contributed by atoms with Gasteiger partial charge in [-0.2, -0.15) is 24.4 Å². The maximum Gasteiger partial charge on any atom is 0.305 e. The largest absolute Gasteiger partial charge is 0.469 e. The summed E-state index contributed by atoms with van der Waals surface area (Å²) in [4.78, 5) is 22.9. The van der Waals surface area contributed by atoms with Crippen molar-refractivity contribution in [2.24, 2.45) is 5.92 Å². The van der Waals surface area contributed by atoms with E-state index in [4.69, 9.17) is 0 Å². The highest BCUT2D eigenvalue weighted by atomic mass is 32.2. The smallest absolute Gasteiger partial charge is 0.305 e. The number of thiol groups is 1. The number of ether oxygens (including phenoxy) is 1. The van der Waals surface area contributed by atoms with Crippen LogP contribution < -0.4 is 0 Å². The molecule has 0 rings (SSSR count). The number of ketones is 1. The Kier molecular flexibility index (Phi) is 11.8. The topological polar surface area (TPSA) is 43.4 Å². The second-order valence-corrected chi connectivity index (χ2v) is 5.67. The normalized spacial score (nSPS) is 12.2. The number of thioether (sulfide) groups is 1. The molecule has 18 heavy (non-hydrogen) atoms. The van der Waals surface area contributed by atoms with Gasteiger partial charge in [0, 0.05) is 18.8 Å². The van der Waals surface area contributed by atoms with Gasteiger partial charge in [-0.15, -0.1) is 0 Å². The molecular weight excluding hydrogens is 268 g/mol. The third kappa shape index (κ3) is 8.86. The second kappa shape index (κ2) is 11.9. The Bertz CT molecular complexity index is 244. The SMILES string of the molecule is COC(=O)CCCCC(CCS)C(=O)CCSC. The first-order valence-electron chi connectivity index (χ1n) is 6.35. The minimum absolute atomic E-state index is 0.118. The van der Waals surface area contributed by atoms with Gasteiger partial charge in [0.1, 0.15) is 5.78 Å². The van der Waals surface area contributed by atoms with E-state index in [0.717, 1.165) is 37.2 Å². The van der Waals surface area contributed by atoms with E-state index in [-0.39, 0.29) is 11.9 Å². The standard InChI is InChI=1S/C13H24O3S2/c1-16-13(15)6-4-3-5-11(7-9-17)12(14)8-10-18-2/h11,17H,3-10H2,1-2H3. The number of unbranched alkanes of at least 4 members (excludes halogenated alkanes) is 1. The number of rotatable bonds is 11. The van der Waals surface area contributed by atoms with E-state index in [1.807, 2.05) is 6.26 Å². The van der Waals surface area contributed by atoms with Gasteiger partial charge in [0.25, 0.3) is 0 Å². The highest BCUT2D eigenvalue weighted by Crippen LogP contribution is 2.18. The van der Waals surface area contributed by atoms with Crippen molar-refractivity contribution in [3.8, 4) is 0 Å². The molecule has 0 aromatic rings. The van der Waals surface area contributed by atoms with Gasteiger partial charge in [-0.25, -0.2) is 0 Å². The van der Waals surface area contributed by atoms with Crippen molar-refractivity contribution >= 4 is 36.1 Å². The zero-order valence-corrected chi connectivity index (χ0v) is 13.0. The van der Waals surface area contributed by atoms with Crippen LogP contribution in [0.5, 0.6) is 0 Å². The molecule has 0 aromatic carbocycles. The van der Waals surface area contributed by atoms with Crippen molar-refractivity contribution in [3.05, 3.63) is 0 Å². The average molecular weight is 292 g/mol. The maximum atomic E-state index is 11.9. The van der Waals surface area contributed by atoms with Gasteiger partial charge in [-0.1, -0.05) is 6.42 Å². The Balaban J connectivity index is 3.88. The number of hydrogen-bond donors (Lipinski definition) is 1. The summed E-state index contributed by atoms with van der Waals surface area (Å²) in [7, 11) is 1.40. The van der Waals surface area contributed by atoms with Crippen LogP contribution >= 0.6 is 24.4 Å². The van der Waals surface area contributed by atoms with Crippen molar-refractivity contribution < 1.29 is 14.3 Å². The highest BCUT2D eigenvalue weighted by molar-refractivity contribution is 7.98. The van der Waals surface area contributed by atoms with Crippen LogP contribution in [-0.4, -0.2) is 36.6 Å². The molecular formula is C13H24O3S2. The fourth-order valence-corrected chi connectivity index (χ4v) is 2.51. The average Bonchev–Trinajstić information content (AvgIpc) is 2.39. The van der Waals surface area contributed by atoms with Crippen LogP contribution in [0.3, 0.4) is 0 Å². The Morgan fingerprint density at radius 2 is 1.94 bits per heavy atom. The molecule has 0 aliphatic carbocycles. The van der Waals surface area contributed by atoms with E-state index in [1.165, 1.54) is 7.11 Å². The highest BCUT2D eigenvalue weighted by Gasteiger charge is 2.16. The van der Waals surface area contributed by atoms with Gasteiger partial charge in [-0.3, -0.25) is 9.59 Å². The summed E-state index contributed by atoms with van der Waals surface area (Å²) < 4.78 is 4.58. The first kappa shape index (κ1) is 17.8. The summed E-state index contributed by atoms with van der Waals surface area (Å²) >= 11 is 5.91. The molecule has 0 radical (unpaired) electrons. The maximum absolute atomic E-state index is 11.9. The van der Waals surface area contributed by atoms with Crippen LogP contribution in [0.2, 0.25) is 0 Å². The van der Waals surface area contributed by atoms with Crippen molar-refractivity contribution in [2.75, 3.05) is 24.9 Å². The van der Waals surface area contributed by atoms with E-state index in [9.17, 15) is 9.59 Å². The van der Waals surface area contributed by atoms with Crippen molar-refractivity contribution in [3.63, 3.8) is 0 Å². The quantitative estimate of drug-likeness (QED) is 0.361. The van der Waals surface area contributed by atoms with Crippen LogP contribution in [0.4, 0.5) is 0 Å². The van der Waals surface area contributed by atoms with Gasteiger partial charge in [0.05, 0.1) is 7.11 Å². The summed E-state index contributed by atoms with van der Waals surface area (Å²) in [5.74, 6) is 1.93. The first-order chi connectivity index (χ1) is 8.65. The van der Waals surface area contributed by atoms with Crippen LogP contribution in [0.15, 0.2) is 0 Å². The predicted octanol–water partition coefficient (Wildman–Crippen LogP) is 2.98. The molecule has 0 aliphatic rings. The van der Waals surface area contributed by atoms with E-state index in [0.29, 0.717) is 18.6 Å². The molecule has 0 fully saturated rings. The molecule has 3 nitrogen and oxygen atoms in total. The Morgan fingerprint density at radius 3 is 2.50 bits per heavy atom. The van der Waals surface area contributed by atoms with Gasteiger partial charge >= 0.3 is 5.97 Å². The summed E-state index contributed by atoms with van der Waals surface area (Å²) in [6.07, 6.45) is 6.51. The van der Waals surface area contributed by atoms with E-state index in [2.05, 4.69) is 17.4 Å². The number of methoxy groups -OCH3 is 1. The van der Waals surface area contributed by atoms with E-state index in [1.54, 1.807) is 11.8 Å². The lowest BCUT2D eigenvalue weighted by Gasteiger charge is -2.14. The lowest BCUT2D eigenvalue weighted by atomic mass is 9.93. The third-order valence-corrected chi connectivity index (χ3v) is 3.77. The number of carbonyl (C=O) groups is 2. The molecule has 0 aromatic heterocycles. The predicted molar refractivity (Wildman–Crippen MR) is 80.5 cm³/mol. The van der Waals surface area contributed by atoms with Crippen molar-refractivity contribution in [1.82, 2.24) is 0 Å². The molecule has 106 valence electrons. The van der Waals surface area contributed by atoms with E-state index >= 15 is 0 Å². The molecule has 0 amide bonds. The van der Waals surface area contributed by atoms with E-state index < -0.39 is 0 Å². The molecule has 0 aliphatic heterocycles. The number of hydrogen-bond acceptors (Lipinski definition) is 5. The van der Waals surface area contributed by atoms with Crippen LogP contribution in [0.1, 0.15) is 38.5 Å². The minimum atomic E-state index is -0.172. The molecule has 1 unspecified atom stereocenters. The molecule has 0 N–H and O–H groups in total. The van der Waals surface area contributed by atoms with Gasteiger partial charge in [0.2, 0.25) is 0 Å². The van der Waals surface area contributed by atoms with Gasteiger partial charge < -0.3 is 4.74 Å². The molecule has 1 atom stereocenters. The monoisotopic (exact) mass is 292 g/mol. The summed E-state index contributed by atoms with van der Waals surface area (Å²) in [6, 6.07) is 0. The molecule has 0 heterocycles. The molecule has 0 spiro atoms. The number of esters is 1. The fraction of sp³-hybridized carbons (Fsp3) is 0.846. The third-order valence-electron chi connectivity index (χ3n) is 2.90. The number of carbonyl (C=O) groups excluding carboxylic acids is 2. The summed E-state index contributed by atoms with van der Waals surface area (Å²) in [5, 5.41) is 0. The molecule has 0 saturated heterocycles. The Hall–Kier alpha value is -0.160. The van der Waals surface area contributed by atoms with Gasteiger partial charge in [0.15, 0.2) is 0 Å². The lowest BCUT2D eigenvalue weighted by molar-refractivity contribution is -0.140. The zero-order valence-electron chi connectivity index (χ0n) is 11.3. The zero-order chi connectivity index (χ0) is 13.8. The van der Waals surface area contributed by atoms with Crippen molar-refractivity contribution in [1.29, 1.82) is 0 Å². The Labute approximate surface area is 120 Å². The van der Waals surface area contributed by atoms with Crippen molar-refractivity contribution in [2.45, 2.75) is 38.5 Å². The first-order valence-corrected chi connectivity index (χ1v) is 8.37. The van der Waals surface area contributed by atoms with Crippen LogP contribution in [0.25, 0.3) is 0 Å². The van der Waals surface area contributed by atoms with Gasteiger partial charge in [-0.05, 0) is 37.0 Å².